The quantitative estimate of drug-likeness (QED) is 0.495. The van der Waals surface area contributed by atoms with Gasteiger partial charge in [0.2, 0.25) is 5.91 Å². The van der Waals surface area contributed by atoms with Gasteiger partial charge in [0.1, 0.15) is 11.1 Å². The van der Waals surface area contributed by atoms with Gasteiger partial charge in [-0.05, 0) is 19.8 Å². The number of ether oxygens (including phenoxy) is 1. The number of carbonyl (C=O) groups excluding carboxylic acids is 1. The first-order valence-corrected chi connectivity index (χ1v) is 11.8. The SMILES string of the molecule is CN=C(NCCN1CCN(C(=O)C2CCC2)CC1)N(C)Cc1csc(C(C)OC)n1. The summed E-state index contributed by atoms with van der Waals surface area (Å²) in [7, 11) is 5.54. The zero-order valence-electron chi connectivity index (χ0n) is 18.8. The van der Waals surface area contributed by atoms with Crippen LogP contribution in [0, 0.1) is 5.92 Å². The van der Waals surface area contributed by atoms with Gasteiger partial charge in [0.05, 0.1) is 12.2 Å². The number of piperazine rings is 1. The minimum absolute atomic E-state index is 0.0241. The second-order valence-corrected chi connectivity index (χ2v) is 9.07. The zero-order chi connectivity index (χ0) is 21.5. The summed E-state index contributed by atoms with van der Waals surface area (Å²) in [5.74, 6) is 1.55. The molecular formula is C21H36N6O2S. The summed E-state index contributed by atoms with van der Waals surface area (Å²) in [6.07, 6.45) is 3.41. The molecule has 1 saturated heterocycles. The Labute approximate surface area is 184 Å². The van der Waals surface area contributed by atoms with E-state index in [0.717, 1.165) is 68.8 Å². The van der Waals surface area contributed by atoms with E-state index in [2.05, 4.69) is 35.4 Å². The number of nitrogens with one attached hydrogen (secondary N) is 1. The molecule has 0 bridgehead atoms. The molecule has 1 aliphatic carbocycles. The molecule has 1 amide bonds. The molecule has 1 unspecified atom stereocenters. The van der Waals surface area contributed by atoms with E-state index in [-0.39, 0.29) is 6.10 Å². The maximum absolute atomic E-state index is 12.4. The summed E-state index contributed by atoms with van der Waals surface area (Å²) in [5, 5.41) is 6.53. The fourth-order valence-corrected chi connectivity index (χ4v) is 4.66. The largest absolute Gasteiger partial charge is 0.375 e. The molecule has 0 aromatic carbocycles. The van der Waals surface area contributed by atoms with Crippen molar-refractivity contribution in [2.75, 3.05) is 60.5 Å². The van der Waals surface area contributed by atoms with Gasteiger partial charge >= 0.3 is 0 Å². The Kier molecular flexibility index (Phi) is 8.47. The molecule has 8 nitrogen and oxygen atoms in total. The molecule has 1 aliphatic heterocycles. The van der Waals surface area contributed by atoms with Crippen LogP contribution in [-0.2, 0) is 16.1 Å². The van der Waals surface area contributed by atoms with Crippen LogP contribution in [0.1, 0.15) is 43.0 Å². The minimum atomic E-state index is 0.0241. The summed E-state index contributed by atoms with van der Waals surface area (Å²) < 4.78 is 5.35. The van der Waals surface area contributed by atoms with Crippen molar-refractivity contribution >= 4 is 23.2 Å². The number of amides is 1. The van der Waals surface area contributed by atoms with Crippen LogP contribution in [-0.4, -0.2) is 92.0 Å². The maximum Gasteiger partial charge on any atom is 0.225 e. The first kappa shape index (κ1) is 23.0. The van der Waals surface area contributed by atoms with Gasteiger partial charge < -0.3 is 19.9 Å². The lowest BCUT2D eigenvalue weighted by molar-refractivity contribution is -0.139. The number of nitrogens with zero attached hydrogens (tertiary/aromatic N) is 5. The van der Waals surface area contributed by atoms with Gasteiger partial charge in [-0.2, -0.15) is 0 Å². The monoisotopic (exact) mass is 436 g/mol. The van der Waals surface area contributed by atoms with Crippen molar-refractivity contribution < 1.29 is 9.53 Å². The Bertz CT molecular complexity index is 712. The number of rotatable bonds is 8. The Morgan fingerprint density at radius 1 is 1.40 bits per heavy atom. The van der Waals surface area contributed by atoms with E-state index >= 15 is 0 Å². The van der Waals surface area contributed by atoms with Gasteiger partial charge in [-0.3, -0.25) is 14.7 Å². The number of carbonyl (C=O) groups is 1. The van der Waals surface area contributed by atoms with Crippen LogP contribution < -0.4 is 5.32 Å². The molecule has 3 rings (SSSR count). The molecular weight excluding hydrogens is 400 g/mol. The van der Waals surface area contributed by atoms with Crippen LogP contribution in [0.4, 0.5) is 0 Å². The van der Waals surface area contributed by atoms with Crippen LogP contribution >= 0.6 is 11.3 Å². The Balaban J connectivity index is 1.37. The summed E-state index contributed by atoms with van der Waals surface area (Å²) >= 11 is 1.63. The number of thiazole rings is 1. The van der Waals surface area contributed by atoms with Crippen molar-refractivity contribution in [2.24, 2.45) is 10.9 Å². The van der Waals surface area contributed by atoms with Gasteiger partial charge in [0.15, 0.2) is 5.96 Å². The molecule has 2 fully saturated rings. The molecule has 1 N–H and O–H groups in total. The van der Waals surface area contributed by atoms with Crippen molar-refractivity contribution in [3.05, 3.63) is 16.1 Å². The van der Waals surface area contributed by atoms with Gasteiger partial charge in [-0.1, -0.05) is 6.42 Å². The highest BCUT2D eigenvalue weighted by atomic mass is 32.1. The first-order valence-electron chi connectivity index (χ1n) is 10.9. The van der Waals surface area contributed by atoms with Crippen molar-refractivity contribution in [1.29, 1.82) is 0 Å². The topological polar surface area (TPSA) is 73.3 Å². The molecule has 1 aromatic rings. The Morgan fingerprint density at radius 3 is 2.73 bits per heavy atom. The standard InChI is InChI=1S/C21H36N6O2S/c1-16(29-4)19-24-18(15-30-19)14-25(3)21(22-2)23-8-9-26-10-12-27(13-11-26)20(28)17-6-5-7-17/h15-17H,5-14H2,1-4H3,(H,22,23). The third-order valence-electron chi connectivity index (χ3n) is 6.09. The lowest BCUT2D eigenvalue weighted by atomic mass is 9.84. The highest BCUT2D eigenvalue weighted by Crippen LogP contribution is 2.28. The normalized spacial score (nSPS) is 19.5. The predicted molar refractivity (Wildman–Crippen MR) is 121 cm³/mol. The molecule has 1 aromatic heterocycles. The van der Waals surface area contributed by atoms with Gasteiger partial charge in [0, 0.05) is 71.8 Å². The van der Waals surface area contributed by atoms with Gasteiger partial charge in [0.25, 0.3) is 0 Å². The third-order valence-corrected chi connectivity index (χ3v) is 7.15. The molecule has 0 radical (unpaired) electrons. The average Bonchev–Trinajstić information content (AvgIpc) is 3.18. The number of guanidine groups is 1. The average molecular weight is 437 g/mol. The molecule has 168 valence electrons. The van der Waals surface area contributed by atoms with Gasteiger partial charge in [-0.15, -0.1) is 11.3 Å². The van der Waals surface area contributed by atoms with Gasteiger partial charge in [-0.25, -0.2) is 4.98 Å². The molecule has 1 atom stereocenters. The first-order chi connectivity index (χ1) is 14.5. The molecule has 9 heteroatoms. The second kappa shape index (κ2) is 11.1. The molecule has 0 spiro atoms. The molecule has 2 heterocycles. The third kappa shape index (κ3) is 5.92. The lowest BCUT2D eigenvalue weighted by Crippen LogP contribution is -2.52. The van der Waals surface area contributed by atoms with E-state index in [1.54, 1.807) is 18.4 Å². The van der Waals surface area contributed by atoms with E-state index < -0.39 is 0 Å². The minimum Gasteiger partial charge on any atom is -0.375 e. The van der Waals surface area contributed by atoms with Crippen molar-refractivity contribution in [2.45, 2.75) is 38.8 Å². The summed E-state index contributed by atoms with van der Waals surface area (Å²) in [5.41, 5.74) is 1.02. The van der Waals surface area contributed by atoms with Crippen molar-refractivity contribution in [1.82, 2.24) is 25.0 Å². The lowest BCUT2D eigenvalue weighted by Gasteiger charge is -2.38. The second-order valence-electron chi connectivity index (χ2n) is 8.18. The van der Waals surface area contributed by atoms with E-state index in [9.17, 15) is 4.79 Å². The van der Waals surface area contributed by atoms with Crippen LogP contribution in [0.25, 0.3) is 0 Å². The van der Waals surface area contributed by atoms with E-state index in [1.807, 2.05) is 21.0 Å². The van der Waals surface area contributed by atoms with Crippen LogP contribution in [0.3, 0.4) is 0 Å². The van der Waals surface area contributed by atoms with Crippen molar-refractivity contribution in [3.63, 3.8) is 0 Å². The number of aliphatic imine (C=N–C) groups is 1. The summed E-state index contributed by atoms with van der Waals surface area (Å²) in [6, 6.07) is 0. The predicted octanol–water partition coefficient (Wildman–Crippen LogP) is 1.80. The Morgan fingerprint density at radius 2 is 2.13 bits per heavy atom. The fourth-order valence-electron chi connectivity index (χ4n) is 3.82. The highest BCUT2D eigenvalue weighted by molar-refractivity contribution is 7.09. The highest BCUT2D eigenvalue weighted by Gasteiger charge is 2.31. The van der Waals surface area contributed by atoms with E-state index in [4.69, 9.17) is 4.74 Å². The number of aromatic nitrogens is 1. The molecule has 1 saturated carbocycles. The van der Waals surface area contributed by atoms with Crippen LogP contribution in [0.5, 0.6) is 0 Å². The smallest absolute Gasteiger partial charge is 0.225 e. The number of hydrogen-bond acceptors (Lipinski definition) is 6. The Hall–Kier alpha value is -1.71. The molecule has 30 heavy (non-hydrogen) atoms. The summed E-state index contributed by atoms with van der Waals surface area (Å²) in [6.45, 7) is 8.11. The van der Waals surface area contributed by atoms with Crippen LogP contribution in [0.15, 0.2) is 10.4 Å². The molecule has 2 aliphatic rings. The van der Waals surface area contributed by atoms with Crippen LogP contribution in [0.2, 0.25) is 0 Å². The number of hydrogen-bond donors (Lipinski definition) is 1. The van der Waals surface area contributed by atoms with E-state index in [0.29, 0.717) is 18.4 Å². The number of methoxy groups -OCH3 is 1. The van der Waals surface area contributed by atoms with E-state index in [1.165, 1.54) is 6.42 Å². The zero-order valence-corrected chi connectivity index (χ0v) is 19.6. The van der Waals surface area contributed by atoms with Crippen molar-refractivity contribution in [3.8, 4) is 0 Å². The fraction of sp³-hybridized carbons (Fsp3) is 0.762. The summed E-state index contributed by atoms with van der Waals surface area (Å²) in [4.78, 5) is 28.0. The maximum atomic E-state index is 12.4.